The summed E-state index contributed by atoms with van der Waals surface area (Å²) in [6.07, 6.45) is -0.413. The highest BCUT2D eigenvalue weighted by atomic mass is 16.6. The minimum Gasteiger partial charge on any atom is -0.444 e. The molecule has 3 N–H and O–H groups in total. The quantitative estimate of drug-likeness (QED) is 0.712. The molecular formula is C15H33N3O3. The number of hydrogen-bond donors (Lipinski definition) is 2. The molecule has 0 bridgehead atoms. The lowest BCUT2D eigenvalue weighted by atomic mass is 10.1. The summed E-state index contributed by atoms with van der Waals surface area (Å²) in [6.45, 7) is 13.6. The van der Waals surface area contributed by atoms with Crippen LogP contribution >= 0.6 is 0 Å². The Morgan fingerprint density at radius 1 is 1.33 bits per heavy atom. The fourth-order valence-corrected chi connectivity index (χ4v) is 2.43. The van der Waals surface area contributed by atoms with Gasteiger partial charge in [-0.3, -0.25) is 4.90 Å². The number of amides is 1. The average molecular weight is 303 g/mol. The molecule has 0 aromatic carbocycles. The third-order valence-electron chi connectivity index (χ3n) is 3.33. The second-order valence-corrected chi connectivity index (χ2v) is 6.37. The molecule has 21 heavy (non-hydrogen) atoms. The van der Waals surface area contributed by atoms with E-state index in [1.807, 2.05) is 27.7 Å². The van der Waals surface area contributed by atoms with E-state index in [1.54, 1.807) is 7.11 Å². The topological polar surface area (TPSA) is 76.8 Å². The van der Waals surface area contributed by atoms with Gasteiger partial charge in [-0.05, 0) is 41.2 Å². The normalized spacial score (nSPS) is 16.4. The second kappa shape index (κ2) is 9.23. The summed E-state index contributed by atoms with van der Waals surface area (Å²) in [5.41, 5.74) is 5.41. The van der Waals surface area contributed by atoms with Gasteiger partial charge in [-0.2, -0.15) is 0 Å². The Labute approximate surface area is 129 Å². The molecule has 0 radical (unpaired) electrons. The predicted molar refractivity (Wildman–Crippen MR) is 85.4 cm³/mol. The van der Waals surface area contributed by atoms with E-state index < -0.39 is 11.7 Å². The average Bonchev–Trinajstić information content (AvgIpc) is 2.32. The molecule has 6 heteroatoms. The van der Waals surface area contributed by atoms with Crippen LogP contribution in [0.4, 0.5) is 4.79 Å². The largest absolute Gasteiger partial charge is 0.444 e. The van der Waals surface area contributed by atoms with Gasteiger partial charge in [-0.25, -0.2) is 4.79 Å². The first-order valence-electron chi connectivity index (χ1n) is 7.60. The van der Waals surface area contributed by atoms with Crippen molar-refractivity contribution in [2.24, 2.45) is 5.73 Å². The molecule has 0 aliphatic heterocycles. The first kappa shape index (κ1) is 20.1. The van der Waals surface area contributed by atoms with Gasteiger partial charge < -0.3 is 20.5 Å². The summed E-state index contributed by atoms with van der Waals surface area (Å²) in [5, 5.41) is 2.88. The minimum absolute atomic E-state index is 0.0349. The molecule has 3 atom stereocenters. The van der Waals surface area contributed by atoms with Gasteiger partial charge in [0, 0.05) is 31.8 Å². The van der Waals surface area contributed by atoms with Crippen LogP contribution in [0.5, 0.6) is 0 Å². The Morgan fingerprint density at radius 3 is 2.29 bits per heavy atom. The number of likely N-dealkylation sites (N-methyl/N-ethyl adjacent to an activating group) is 1. The highest BCUT2D eigenvalue weighted by Crippen LogP contribution is 2.11. The molecule has 0 saturated heterocycles. The number of carbonyl (C=O) groups is 1. The van der Waals surface area contributed by atoms with Gasteiger partial charge in [-0.15, -0.1) is 0 Å². The van der Waals surface area contributed by atoms with E-state index in [0.717, 1.165) is 6.54 Å². The van der Waals surface area contributed by atoms with Crippen molar-refractivity contribution in [2.75, 3.05) is 26.8 Å². The van der Waals surface area contributed by atoms with E-state index in [-0.39, 0.29) is 18.1 Å². The van der Waals surface area contributed by atoms with Crippen molar-refractivity contribution in [3.05, 3.63) is 0 Å². The molecule has 126 valence electrons. The maximum absolute atomic E-state index is 11.9. The summed E-state index contributed by atoms with van der Waals surface area (Å²) in [5.74, 6) is 0. The van der Waals surface area contributed by atoms with Crippen LogP contribution in [-0.2, 0) is 9.47 Å². The van der Waals surface area contributed by atoms with Crippen molar-refractivity contribution in [3.63, 3.8) is 0 Å². The van der Waals surface area contributed by atoms with Crippen LogP contribution in [-0.4, -0.2) is 61.5 Å². The van der Waals surface area contributed by atoms with Crippen molar-refractivity contribution < 1.29 is 14.3 Å². The summed E-state index contributed by atoms with van der Waals surface area (Å²) < 4.78 is 10.5. The van der Waals surface area contributed by atoms with E-state index in [0.29, 0.717) is 13.2 Å². The molecule has 0 rings (SSSR count). The summed E-state index contributed by atoms with van der Waals surface area (Å²) in [7, 11) is 1.68. The third-order valence-corrected chi connectivity index (χ3v) is 3.33. The van der Waals surface area contributed by atoms with Gasteiger partial charge in [0.15, 0.2) is 0 Å². The van der Waals surface area contributed by atoms with Crippen molar-refractivity contribution >= 4 is 6.09 Å². The van der Waals surface area contributed by atoms with Crippen LogP contribution in [0, 0.1) is 0 Å². The number of carbonyl (C=O) groups excluding carboxylic acids is 1. The summed E-state index contributed by atoms with van der Waals surface area (Å²) >= 11 is 0. The molecule has 0 aromatic rings. The number of nitrogens with one attached hydrogen (secondary N) is 1. The molecule has 3 unspecified atom stereocenters. The van der Waals surface area contributed by atoms with Crippen LogP contribution in [0.1, 0.15) is 41.5 Å². The van der Waals surface area contributed by atoms with Gasteiger partial charge in [0.25, 0.3) is 0 Å². The number of nitrogens with zero attached hydrogens (tertiary/aromatic N) is 1. The molecule has 1 amide bonds. The van der Waals surface area contributed by atoms with Crippen molar-refractivity contribution in [1.82, 2.24) is 10.2 Å². The van der Waals surface area contributed by atoms with E-state index >= 15 is 0 Å². The molecule has 6 nitrogen and oxygen atoms in total. The molecule has 0 fully saturated rings. The Hall–Kier alpha value is -0.850. The lowest BCUT2D eigenvalue weighted by molar-refractivity contribution is 0.0394. The fourth-order valence-electron chi connectivity index (χ4n) is 2.43. The Balaban J connectivity index is 4.72. The van der Waals surface area contributed by atoms with Crippen LogP contribution in [0.3, 0.4) is 0 Å². The standard InChI is InChI=1S/C15H33N3O3/c1-8-18(11(2)10-20-7)13(9-16)12(3)17-14(19)21-15(4,5)6/h11-13H,8-10,16H2,1-7H3,(H,17,19). The molecule has 0 spiro atoms. The number of rotatable bonds is 8. The van der Waals surface area contributed by atoms with Gasteiger partial charge in [0.1, 0.15) is 5.60 Å². The summed E-state index contributed by atoms with van der Waals surface area (Å²) in [4.78, 5) is 14.1. The third kappa shape index (κ3) is 7.64. The second-order valence-electron chi connectivity index (χ2n) is 6.37. The lowest BCUT2D eigenvalue weighted by Crippen LogP contribution is -2.57. The maximum atomic E-state index is 11.9. The fraction of sp³-hybridized carbons (Fsp3) is 0.933. The zero-order valence-corrected chi connectivity index (χ0v) is 14.6. The van der Waals surface area contributed by atoms with Gasteiger partial charge in [-0.1, -0.05) is 6.92 Å². The van der Waals surface area contributed by atoms with Crippen LogP contribution in [0.2, 0.25) is 0 Å². The van der Waals surface area contributed by atoms with E-state index in [2.05, 4.69) is 24.1 Å². The highest BCUT2D eigenvalue weighted by Gasteiger charge is 2.28. The van der Waals surface area contributed by atoms with Crippen LogP contribution in [0.15, 0.2) is 0 Å². The van der Waals surface area contributed by atoms with E-state index in [9.17, 15) is 4.79 Å². The number of alkyl carbamates (subject to hydrolysis) is 1. The lowest BCUT2D eigenvalue weighted by Gasteiger charge is -2.38. The number of methoxy groups -OCH3 is 1. The van der Waals surface area contributed by atoms with Gasteiger partial charge in [0.05, 0.1) is 6.61 Å². The molecule has 0 aliphatic carbocycles. The number of nitrogens with two attached hydrogens (primary N) is 1. The smallest absolute Gasteiger partial charge is 0.407 e. The maximum Gasteiger partial charge on any atom is 0.407 e. The van der Waals surface area contributed by atoms with E-state index in [4.69, 9.17) is 15.2 Å². The molecule has 0 aliphatic rings. The van der Waals surface area contributed by atoms with Crippen molar-refractivity contribution in [2.45, 2.75) is 65.3 Å². The predicted octanol–water partition coefficient (Wildman–Crippen LogP) is 1.58. The first-order chi connectivity index (χ1) is 9.66. The molecule has 0 saturated carbocycles. The zero-order chi connectivity index (χ0) is 16.6. The van der Waals surface area contributed by atoms with Gasteiger partial charge >= 0.3 is 6.09 Å². The summed E-state index contributed by atoms with van der Waals surface area (Å²) in [6, 6.07) is 0.160. The Morgan fingerprint density at radius 2 is 1.90 bits per heavy atom. The van der Waals surface area contributed by atoms with Crippen molar-refractivity contribution in [1.29, 1.82) is 0 Å². The highest BCUT2D eigenvalue weighted by molar-refractivity contribution is 5.68. The Bertz CT molecular complexity index is 305. The molecular weight excluding hydrogens is 270 g/mol. The van der Waals surface area contributed by atoms with E-state index in [1.165, 1.54) is 0 Å². The first-order valence-corrected chi connectivity index (χ1v) is 7.60. The van der Waals surface area contributed by atoms with Crippen molar-refractivity contribution in [3.8, 4) is 0 Å². The SMILES string of the molecule is CCN(C(C)COC)C(CN)C(C)NC(=O)OC(C)(C)C. The number of ether oxygens (including phenoxy) is 2. The molecule has 0 heterocycles. The van der Waals surface area contributed by atoms with Crippen LogP contribution in [0.25, 0.3) is 0 Å². The molecule has 0 aromatic heterocycles. The van der Waals surface area contributed by atoms with Gasteiger partial charge in [0.2, 0.25) is 0 Å². The number of hydrogen-bond acceptors (Lipinski definition) is 5. The zero-order valence-electron chi connectivity index (χ0n) is 14.6. The monoisotopic (exact) mass is 303 g/mol. The minimum atomic E-state index is -0.504. The Kier molecular flexibility index (Phi) is 8.85. The van der Waals surface area contributed by atoms with Crippen LogP contribution < -0.4 is 11.1 Å².